The van der Waals surface area contributed by atoms with Gasteiger partial charge in [-0.25, -0.2) is 18.5 Å². The van der Waals surface area contributed by atoms with E-state index in [1.165, 1.54) is 18.3 Å². The van der Waals surface area contributed by atoms with Crippen molar-refractivity contribution in [3.05, 3.63) is 48.2 Å². The van der Waals surface area contributed by atoms with Crippen LogP contribution in [-0.2, 0) is 16.6 Å². The van der Waals surface area contributed by atoms with Crippen LogP contribution in [0, 0.1) is 0 Å². The summed E-state index contributed by atoms with van der Waals surface area (Å²) < 4.78 is 28.2. The Hall–Kier alpha value is -1.96. The first kappa shape index (κ1) is 13.5. The van der Waals surface area contributed by atoms with Crippen molar-refractivity contribution < 1.29 is 18.3 Å². The van der Waals surface area contributed by atoms with Crippen LogP contribution in [0.25, 0.3) is 0 Å². The summed E-state index contributed by atoms with van der Waals surface area (Å²) in [6.07, 6.45) is 1.39. The zero-order chi connectivity index (χ0) is 13.9. The van der Waals surface area contributed by atoms with E-state index in [0.717, 1.165) is 0 Å². The van der Waals surface area contributed by atoms with Crippen molar-refractivity contribution >= 4 is 10.0 Å². The fourth-order valence-electron chi connectivity index (χ4n) is 1.51. The van der Waals surface area contributed by atoms with Crippen molar-refractivity contribution in [3.8, 4) is 11.6 Å². The third-order valence-electron chi connectivity index (χ3n) is 2.39. The lowest BCUT2D eigenvalue weighted by Gasteiger charge is -2.10. The second kappa shape index (κ2) is 5.35. The van der Waals surface area contributed by atoms with Crippen molar-refractivity contribution in [1.29, 1.82) is 0 Å². The first-order valence-corrected chi connectivity index (χ1v) is 6.91. The van der Waals surface area contributed by atoms with Crippen LogP contribution in [0.2, 0.25) is 0 Å². The topological polar surface area (TPSA) is 103 Å². The number of benzene rings is 1. The molecule has 0 bridgehead atoms. The Kier molecular flexibility index (Phi) is 3.79. The molecule has 100 valence electrons. The summed E-state index contributed by atoms with van der Waals surface area (Å²) in [5.41, 5.74) is 0.522. The molecule has 0 aliphatic heterocycles. The molecule has 2 aromatic rings. The van der Waals surface area contributed by atoms with Gasteiger partial charge in [0.05, 0.1) is 6.61 Å². The number of aliphatic hydroxyl groups excluding tert-OH is 1. The Labute approximate surface area is 110 Å². The Morgan fingerprint density at radius 3 is 2.63 bits per heavy atom. The van der Waals surface area contributed by atoms with E-state index < -0.39 is 10.0 Å². The molecule has 7 heteroatoms. The second-order valence-corrected chi connectivity index (χ2v) is 5.25. The quantitative estimate of drug-likeness (QED) is 0.870. The third kappa shape index (κ3) is 3.08. The van der Waals surface area contributed by atoms with Gasteiger partial charge in [-0.1, -0.05) is 18.2 Å². The minimum atomic E-state index is -3.92. The van der Waals surface area contributed by atoms with Crippen molar-refractivity contribution in [3.63, 3.8) is 0 Å². The lowest BCUT2D eigenvalue weighted by atomic mass is 10.2. The summed E-state index contributed by atoms with van der Waals surface area (Å²) in [4.78, 5) is 3.65. The number of nitrogens with zero attached hydrogens (tertiary/aromatic N) is 1. The predicted octanol–water partition coefficient (Wildman–Crippen LogP) is 1.01. The van der Waals surface area contributed by atoms with E-state index in [0.29, 0.717) is 11.3 Å². The number of nitrogens with two attached hydrogens (primary N) is 1. The molecule has 0 radical (unpaired) electrons. The highest BCUT2D eigenvalue weighted by Crippen LogP contribution is 2.27. The molecule has 2 rings (SSSR count). The van der Waals surface area contributed by atoms with Gasteiger partial charge in [-0.05, 0) is 18.2 Å². The van der Waals surface area contributed by atoms with Gasteiger partial charge in [0.2, 0.25) is 15.9 Å². The van der Waals surface area contributed by atoms with Gasteiger partial charge in [0.1, 0.15) is 10.6 Å². The number of hydrogen-bond acceptors (Lipinski definition) is 5. The van der Waals surface area contributed by atoms with Gasteiger partial charge in [-0.3, -0.25) is 0 Å². The molecule has 3 N–H and O–H groups in total. The number of sulfonamides is 1. The van der Waals surface area contributed by atoms with Crippen LogP contribution in [0.15, 0.2) is 47.5 Å². The molecule has 0 unspecified atom stereocenters. The number of rotatable bonds is 4. The van der Waals surface area contributed by atoms with E-state index in [-0.39, 0.29) is 17.4 Å². The number of para-hydroxylation sites is 1. The highest BCUT2D eigenvalue weighted by atomic mass is 32.2. The van der Waals surface area contributed by atoms with Gasteiger partial charge >= 0.3 is 0 Å². The molecule has 0 aliphatic rings. The highest BCUT2D eigenvalue weighted by Gasteiger charge is 2.17. The molecule has 0 amide bonds. The first-order valence-electron chi connectivity index (χ1n) is 5.37. The maximum absolute atomic E-state index is 11.4. The van der Waals surface area contributed by atoms with Crippen LogP contribution < -0.4 is 9.88 Å². The van der Waals surface area contributed by atoms with E-state index in [2.05, 4.69) is 4.98 Å². The number of hydrogen-bond donors (Lipinski definition) is 2. The van der Waals surface area contributed by atoms with Gasteiger partial charge in [-0.15, -0.1) is 0 Å². The smallest absolute Gasteiger partial charge is 0.243 e. The molecule has 1 heterocycles. The van der Waals surface area contributed by atoms with Crippen LogP contribution in [-0.4, -0.2) is 18.5 Å². The van der Waals surface area contributed by atoms with E-state index in [1.54, 1.807) is 24.3 Å². The molecule has 0 aliphatic carbocycles. The van der Waals surface area contributed by atoms with Gasteiger partial charge in [0.15, 0.2) is 0 Å². The Morgan fingerprint density at radius 2 is 1.95 bits per heavy atom. The highest BCUT2D eigenvalue weighted by molar-refractivity contribution is 7.89. The van der Waals surface area contributed by atoms with Crippen LogP contribution in [0.5, 0.6) is 11.6 Å². The summed E-state index contributed by atoms with van der Waals surface area (Å²) in [7, 11) is -3.92. The largest absolute Gasteiger partial charge is 0.437 e. The summed E-state index contributed by atoms with van der Waals surface area (Å²) in [5, 5.41) is 14.3. The van der Waals surface area contributed by atoms with Crippen LogP contribution >= 0.6 is 0 Å². The predicted molar refractivity (Wildman–Crippen MR) is 68.0 cm³/mol. The van der Waals surface area contributed by atoms with Crippen LogP contribution in [0.4, 0.5) is 0 Å². The van der Waals surface area contributed by atoms with Gasteiger partial charge in [0, 0.05) is 11.8 Å². The van der Waals surface area contributed by atoms with Gasteiger partial charge in [0.25, 0.3) is 0 Å². The van der Waals surface area contributed by atoms with Crippen molar-refractivity contribution in [2.75, 3.05) is 0 Å². The molecular weight excluding hydrogens is 268 g/mol. The molecule has 6 nitrogen and oxygen atoms in total. The number of aliphatic hydroxyl groups is 1. The summed E-state index contributed by atoms with van der Waals surface area (Å²) in [6, 6.07) is 9.46. The zero-order valence-electron chi connectivity index (χ0n) is 9.85. The monoisotopic (exact) mass is 280 g/mol. The van der Waals surface area contributed by atoms with Gasteiger partial charge in [-0.2, -0.15) is 0 Å². The molecule has 0 spiro atoms. The van der Waals surface area contributed by atoms with E-state index in [1.807, 2.05) is 0 Å². The van der Waals surface area contributed by atoms with E-state index >= 15 is 0 Å². The van der Waals surface area contributed by atoms with Crippen LogP contribution in [0.3, 0.4) is 0 Å². The summed E-state index contributed by atoms with van der Waals surface area (Å²) >= 11 is 0. The molecular formula is C12H12N2O4S. The number of primary sulfonamides is 1. The summed E-state index contributed by atoms with van der Waals surface area (Å²) in [5.74, 6) is 0.208. The third-order valence-corrected chi connectivity index (χ3v) is 3.32. The van der Waals surface area contributed by atoms with Gasteiger partial charge < -0.3 is 9.84 Å². The normalized spacial score (nSPS) is 11.3. The second-order valence-electron chi connectivity index (χ2n) is 3.72. The van der Waals surface area contributed by atoms with Crippen molar-refractivity contribution in [2.45, 2.75) is 11.5 Å². The van der Waals surface area contributed by atoms with Crippen LogP contribution in [0.1, 0.15) is 5.56 Å². The lowest BCUT2D eigenvalue weighted by molar-refractivity contribution is 0.276. The fraction of sp³-hybridized carbons (Fsp3) is 0.0833. The number of ether oxygens (including phenoxy) is 1. The molecule has 0 atom stereocenters. The molecule has 19 heavy (non-hydrogen) atoms. The Balaban J connectivity index is 2.45. The minimum Gasteiger partial charge on any atom is -0.437 e. The fourth-order valence-corrected chi connectivity index (χ4v) is 2.11. The van der Waals surface area contributed by atoms with Crippen molar-refractivity contribution in [1.82, 2.24) is 4.98 Å². The zero-order valence-corrected chi connectivity index (χ0v) is 10.7. The lowest BCUT2D eigenvalue weighted by Crippen LogP contribution is -2.13. The molecule has 1 aromatic heterocycles. The molecule has 0 saturated heterocycles. The Morgan fingerprint density at radius 1 is 1.21 bits per heavy atom. The maximum atomic E-state index is 11.4. The van der Waals surface area contributed by atoms with E-state index in [4.69, 9.17) is 9.88 Å². The number of aromatic nitrogens is 1. The minimum absolute atomic E-state index is 0.120. The SMILES string of the molecule is NS(=O)(=O)c1cccnc1Oc1ccccc1CO. The van der Waals surface area contributed by atoms with Crippen molar-refractivity contribution in [2.24, 2.45) is 5.14 Å². The first-order chi connectivity index (χ1) is 9.02. The molecule has 0 fully saturated rings. The average molecular weight is 280 g/mol. The summed E-state index contributed by atoms with van der Waals surface area (Å²) in [6.45, 7) is -0.228. The standard InChI is InChI=1S/C12H12N2O4S/c13-19(16,17)11-6-3-7-14-12(11)18-10-5-2-1-4-9(10)8-15/h1-7,15H,8H2,(H2,13,16,17). The number of pyridine rings is 1. The molecule has 1 aromatic carbocycles. The van der Waals surface area contributed by atoms with E-state index in [9.17, 15) is 13.5 Å². The Bertz CT molecular complexity index is 686. The maximum Gasteiger partial charge on any atom is 0.243 e. The molecule has 0 saturated carbocycles. The average Bonchev–Trinajstić information content (AvgIpc) is 2.39.